The zero-order valence-electron chi connectivity index (χ0n) is 12.3. The van der Waals surface area contributed by atoms with E-state index in [-0.39, 0.29) is 11.7 Å². The van der Waals surface area contributed by atoms with Crippen molar-refractivity contribution in [2.24, 2.45) is 0 Å². The van der Waals surface area contributed by atoms with Crippen molar-refractivity contribution in [3.8, 4) is 0 Å². The van der Waals surface area contributed by atoms with Crippen molar-refractivity contribution >= 4 is 29.0 Å². The first kappa shape index (κ1) is 15.5. The molecule has 1 fully saturated rings. The number of amides is 1. The van der Waals surface area contributed by atoms with Gasteiger partial charge in [0.05, 0.1) is 5.75 Å². The number of aromatic nitrogens is 1. The summed E-state index contributed by atoms with van der Waals surface area (Å²) in [5.41, 5.74) is 2.11. The first-order valence-corrected chi connectivity index (χ1v) is 9.06. The molecule has 2 heterocycles. The lowest BCUT2D eigenvalue weighted by Crippen LogP contribution is -2.29. The Bertz CT molecular complexity index is 656. The maximum absolute atomic E-state index is 13.0. The molecule has 0 bridgehead atoms. The topological polar surface area (TPSA) is 33.2 Å². The van der Waals surface area contributed by atoms with Crippen LogP contribution in [0, 0.1) is 12.7 Å². The van der Waals surface area contributed by atoms with Crippen molar-refractivity contribution in [1.29, 1.82) is 0 Å². The van der Waals surface area contributed by atoms with Crippen LogP contribution in [0.15, 0.2) is 34.0 Å². The third kappa shape index (κ3) is 3.67. The normalized spacial score (nSPS) is 17.9. The molecule has 116 valence electrons. The number of benzene rings is 1. The van der Waals surface area contributed by atoms with Crippen molar-refractivity contribution in [2.45, 2.75) is 23.6 Å². The Morgan fingerprint density at radius 2 is 2.23 bits per heavy atom. The monoisotopic (exact) mass is 336 g/mol. The molecule has 3 rings (SSSR count). The summed E-state index contributed by atoms with van der Waals surface area (Å²) < 4.78 is 13.9. The highest BCUT2D eigenvalue weighted by atomic mass is 32.2. The Morgan fingerprint density at radius 3 is 2.91 bits per heavy atom. The second-order valence-corrected chi connectivity index (χ2v) is 7.50. The molecule has 0 radical (unpaired) electrons. The van der Waals surface area contributed by atoms with Gasteiger partial charge >= 0.3 is 0 Å². The molecule has 0 aliphatic carbocycles. The average molecular weight is 336 g/mol. The summed E-state index contributed by atoms with van der Waals surface area (Å²) in [5.74, 6) is 0.687. The number of hydrogen-bond acceptors (Lipinski definition) is 4. The second-order valence-electron chi connectivity index (χ2n) is 5.42. The standard InChI is InChI=1S/C16H17FN2OS2/c1-11-9-21-16(18-11)22-10-15(20)19-7-6-13(8-19)12-2-4-14(17)5-3-12/h2-5,9,13H,6-8,10H2,1H3/t13-/m1/s1. The lowest BCUT2D eigenvalue weighted by molar-refractivity contribution is -0.127. The summed E-state index contributed by atoms with van der Waals surface area (Å²) >= 11 is 3.08. The van der Waals surface area contributed by atoms with Gasteiger partial charge in [-0.3, -0.25) is 4.79 Å². The number of carbonyl (C=O) groups is 1. The van der Waals surface area contributed by atoms with Crippen molar-refractivity contribution in [2.75, 3.05) is 18.8 Å². The molecule has 1 amide bonds. The van der Waals surface area contributed by atoms with Crippen LogP contribution in [0.1, 0.15) is 23.6 Å². The van der Waals surface area contributed by atoms with Crippen LogP contribution in [0.5, 0.6) is 0 Å². The maximum atomic E-state index is 13.0. The number of halogens is 1. The fraction of sp³-hybridized carbons (Fsp3) is 0.375. The molecular weight excluding hydrogens is 319 g/mol. The highest BCUT2D eigenvalue weighted by molar-refractivity contribution is 8.01. The fourth-order valence-electron chi connectivity index (χ4n) is 2.61. The Labute approximate surface area is 137 Å². The molecule has 0 N–H and O–H groups in total. The number of thioether (sulfide) groups is 1. The van der Waals surface area contributed by atoms with Gasteiger partial charge in [-0.2, -0.15) is 0 Å². The Hall–Kier alpha value is -1.40. The smallest absolute Gasteiger partial charge is 0.233 e. The van der Waals surface area contributed by atoms with Gasteiger partial charge in [0.2, 0.25) is 5.91 Å². The van der Waals surface area contributed by atoms with Gasteiger partial charge in [-0.25, -0.2) is 9.37 Å². The van der Waals surface area contributed by atoms with Crippen LogP contribution < -0.4 is 0 Å². The van der Waals surface area contributed by atoms with E-state index in [4.69, 9.17) is 0 Å². The van der Waals surface area contributed by atoms with Gasteiger partial charge in [0.25, 0.3) is 0 Å². The second kappa shape index (κ2) is 6.79. The van der Waals surface area contributed by atoms with Crippen molar-refractivity contribution < 1.29 is 9.18 Å². The number of hydrogen-bond donors (Lipinski definition) is 0. The first-order chi connectivity index (χ1) is 10.6. The number of nitrogens with zero attached hydrogens (tertiary/aromatic N) is 2. The summed E-state index contributed by atoms with van der Waals surface area (Å²) in [6, 6.07) is 6.61. The average Bonchev–Trinajstić information content (AvgIpc) is 3.15. The van der Waals surface area contributed by atoms with Gasteiger partial charge in [0.15, 0.2) is 4.34 Å². The minimum Gasteiger partial charge on any atom is -0.341 e. The molecule has 6 heteroatoms. The third-order valence-electron chi connectivity index (χ3n) is 3.80. The van der Waals surface area contributed by atoms with Gasteiger partial charge in [-0.1, -0.05) is 23.9 Å². The van der Waals surface area contributed by atoms with Crippen molar-refractivity contribution in [3.63, 3.8) is 0 Å². The molecule has 1 saturated heterocycles. The van der Waals surface area contributed by atoms with E-state index in [9.17, 15) is 9.18 Å². The SMILES string of the molecule is Cc1csc(SCC(=O)N2CC[C@@H](c3ccc(F)cc3)C2)n1. The first-order valence-electron chi connectivity index (χ1n) is 7.20. The predicted molar refractivity (Wildman–Crippen MR) is 87.9 cm³/mol. The minimum absolute atomic E-state index is 0.155. The zero-order valence-corrected chi connectivity index (χ0v) is 13.9. The van der Waals surface area contributed by atoms with Crippen LogP contribution in [0.25, 0.3) is 0 Å². The molecule has 1 aliphatic heterocycles. The number of thiazole rings is 1. The van der Waals surface area contributed by atoms with Crippen LogP contribution in [0.2, 0.25) is 0 Å². The molecule has 1 atom stereocenters. The molecule has 22 heavy (non-hydrogen) atoms. The van der Waals surface area contributed by atoms with Gasteiger partial charge in [0.1, 0.15) is 5.82 Å². The number of aryl methyl sites for hydroxylation is 1. The summed E-state index contributed by atoms with van der Waals surface area (Å²) in [6.07, 6.45) is 0.943. The predicted octanol–water partition coefficient (Wildman–Crippen LogP) is 3.70. The van der Waals surface area contributed by atoms with E-state index in [0.29, 0.717) is 11.7 Å². The van der Waals surface area contributed by atoms with Crippen molar-refractivity contribution in [3.05, 3.63) is 46.7 Å². The van der Waals surface area contributed by atoms with E-state index < -0.39 is 0 Å². The number of rotatable bonds is 4. The molecule has 0 saturated carbocycles. The van der Waals surface area contributed by atoms with Crippen LogP contribution in [-0.4, -0.2) is 34.6 Å². The Morgan fingerprint density at radius 1 is 1.45 bits per heavy atom. The molecule has 1 aliphatic rings. The maximum Gasteiger partial charge on any atom is 0.233 e. The van der Waals surface area contributed by atoms with Crippen molar-refractivity contribution in [1.82, 2.24) is 9.88 Å². The van der Waals surface area contributed by atoms with E-state index in [2.05, 4.69) is 4.98 Å². The van der Waals surface area contributed by atoms with E-state index in [0.717, 1.165) is 35.1 Å². The van der Waals surface area contributed by atoms with E-state index in [1.807, 2.05) is 29.3 Å². The molecule has 1 aromatic heterocycles. The summed E-state index contributed by atoms with van der Waals surface area (Å²) in [6.45, 7) is 3.45. The largest absolute Gasteiger partial charge is 0.341 e. The molecule has 0 unspecified atom stereocenters. The number of likely N-dealkylation sites (tertiary alicyclic amines) is 1. The minimum atomic E-state index is -0.218. The van der Waals surface area contributed by atoms with Gasteiger partial charge in [0, 0.05) is 30.1 Å². The highest BCUT2D eigenvalue weighted by Gasteiger charge is 2.27. The van der Waals surface area contributed by atoms with Gasteiger partial charge in [-0.15, -0.1) is 11.3 Å². The summed E-state index contributed by atoms with van der Waals surface area (Å²) in [5, 5.41) is 1.99. The molecular formula is C16H17FN2OS2. The molecule has 3 nitrogen and oxygen atoms in total. The van der Waals surface area contributed by atoms with E-state index in [1.54, 1.807) is 11.3 Å². The third-order valence-corrected chi connectivity index (χ3v) is 5.92. The Balaban J connectivity index is 1.53. The highest BCUT2D eigenvalue weighted by Crippen LogP contribution is 2.29. The summed E-state index contributed by atoms with van der Waals surface area (Å²) in [4.78, 5) is 18.5. The molecule has 0 spiro atoms. The number of carbonyl (C=O) groups excluding carboxylic acids is 1. The molecule has 2 aromatic rings. The van der Waals surface area contributed by atoms with Crippen LogP contribution in [0.4, 0.5) is 4.39 Å². The summed E-state index contributed by atoms with van der Waals surface area (Å²) in [7, 11) is 0. The van der Waals surface area contributed by atoms with Gasteiger partial charge < -0.3 is 4.90 Å². The Kier molecular flexibility index (Phi) is 4.78. The molecule has 1 aromatic carbocycles. The lowest BCUT2D eigenvalue weighted by atomic mass is 9.99. The van der Waals surface area contributed by atoms with Crippen LogP contribution >= 0.6 is 23.1 Å². The zero-order chi connectivity index (χ0) is 15.5. The van der Waals surface area contributed by atoms with Crippen LogP contribution in [0.3, 0.4) is 0 Å². The van der Waals surface area contributed by atoms with E-state index in [1.165, 1.54) is 23.9 Å². The lowest BCUT2D eigenvalue weighted by Gasteiger charge is -2.16. The van der Waals surface area contributed by atoms with E-state index >= 15 is 0 Å². The quantitative estimate of drug-likeness (QED) is 0.798. The fourth-order valence-corrected chi connectivity index (χ4v) is 4.36. The van der Waals surface area contributed by atoms with Gasteiger partial charge in [-0.05, 0) is 31.0 Å². The van der Waals surface area contributed by atoms with Crippen LogP contribution in [-0.2, 0) is 4.79 Å².